The van der Waals surface area contributed by atoms with Gasteiger partial charge in [-0.05, 0) is 31.4 Å². The molecule has 8 heteroatoms. The van der Waals surface area contributed by atoms with Crippen LogP contribution in [0.15, 0.2) is 30.3 Å². The van der Waals surface area contributed by atoms with Crippen molar-refractivity contribution in [3.05, 3.63) is 30.3 Å². The minimum Gasteiger partial charge on any atom is -0.488 e. The lowest BCUT2D eigenvalue weighted by Crippen LogP contribution is -2.57. The van der Waals surface area contributed by atoms with Gasteiger partial charge in [0.15, 0.2) is 6.04 Å². The standard InChI is InChI=1S/C15H20N4O4/c16-13(20)12(14(17)21)19-15(22)18-10-7-4-8-11(10)23-9-5-2-1-3-6-9/h1-3,5-6,10-12H,4,7-8H2,(H2,16,20)(H2,17,21)(H2,18,19,22)/t10-,11-/m0/s1. The molecule has 23 heavy (non-hydrogen) atoms. The quantitative estimate of drug-likeness (QED) is 0.531. The number of urea groups is 1. The van der Waals surface area contributed by atoms with Gasteiger partial charge in [0.05, 0.1) is 6.04 Å². The van der Waals surface area contributed by atoms with Gasteiger partial charge in [-0.15, -0.1) is 0 Å². The van der Waals surface area contributed by atoms with Crippen molar-refractivity contribution in [1.29, 1.82) is 0 Å². The molecule has 0 aromatic heterocycles. The second-order valence-corrected chi connectivity index (χ2v) is 5.36. The maximum atomic E-state index is 11.9. The summed E-state index contributed by atoms with van der Waals surface area (Å²) in [5.41, 5.74) is 10.0. The smallest absolute Gasteiger partial charge is 0.316 e. The number of hydrogen-bond donors (Lipinski definition) is 4. The number of nitrogens with one attached hydrogen (secondary N) is 2. The molecule has 8 nitrogen and oxygen atoms in total. The number of carbonyl (C=O) groups is 3. The van der Waals surface area contributed by atoms with E-state index in [2.05, 4.69) is 10.6 Å². The lowest BCUT2D eigenvalue weighted by atomic mass is 10.2. The third kappa shape index (κ3) is 4.60. The predicted octanol–water partition coefficient (Wildman–Crippen LogP) is -0.375. The highest BCUT2D eigenvalue weighted by Gasteiger charge is 2.32. The Morgan fingerprint density at radius 2 is 1.74 bits per heavy atom. The van der Waals surface area contributed by atoms with Gasteiger partial charge in [-0.3, -0.25) is 9.59 Å². The van der Waals surface area contributed by atoms with Crippen molar-refractivity contribution >= 4 is 17.8 Å². The lowest BCUT2D eigenvalue weighted by Gasteiger charge is -2.23. The zero-order valence-electron chi connectivity index (χ0n) is 12.5. The molecule has 124 valence electrons. The van der Waals surface area contributed by atoms with Crippen LogP contribution < -0.4 is 26.8 Å². The highest BCUT2D eigenvalue weighted by molar-refractivity contribution is 6.05. The summed E-state index contributed by atoms with van der Waals surface area (Å²) in [6.07, 6.45) is 2.26. The molecule has 0 bridgehead atoms. The first-order valence-corrected chi connectivity index (χ1v) is 7.34. The van der Waals surface area contributed by atoms with Crippen LogP contribution in [0, 0.1) is 0 Å². The van der Waals surface area contributed by atoms with Crippen LogP contribution in [0.1, 0.15) is 19.3 Å². The summed E-state index contributed by atoms with van der Waals surface area (Å²) in [5, 5.41) is 4.87. The first-order valence-electron chi connectivity index (χ1n) is 7.34. The highest BCUT2D eigenvalue weighted by Crippen LogP contribution is 2.24. The summed E-state index contributed by atoms with van der Waals surface area (Å²) < 4.78 is 5.86. The van der Waals surface area contributed by atoms with Crippen molar-refractivity contribution in [2.75, 3.05) is 0 Å². The summed E-state index contributed by atoms with van der Waals surface area (Å²) in [6.45, 7) is 0. The highest BCUT2D eigenvalue weighted by atomic mass is 16.5. The first-order chi connectivity index (χ1) is 11.0. The Morgan fingerprint density at radius 1 is 1.09 bits per heavy atom. The molecule has 0 saturated heterocycles. The molecule has 2 atom stereocenters. The van der Waals surface area contributed by atoms with E-state index in [9.17, 15) is 14.4 Å². The fraction of sp³-hybridized carbons (Fsp3) is 0.400. The number of carbonyl (C=O) groups excluding carboxylic acids is 3. The van der Waals surface area contributed by atoms with Gasteiger partial charge in [-0.25, -0.2) is 4.79 Å². The summed E-state index contributed by atoms with van der Waals surface area (Å²) in [4.78, 5) is 34.1. The molecule has 1 aromatic carbocycles. The molecular formula is C15H20N4O4. The second-order valence-electron chi connectivity index (χ2n) is 5.36. The second kappa shape index (κ2) is 7.48. The molecule has 1 aliphatic carbocycles. The van der Waals surface area contributed by atoms with E-state index in [0.29, 0.717) is 0 Å². The Balaban J connectivity index is 1.91. The van der Waals surface area contributed by atoms with E-state index in [0.717, 1.165) is 25.0 Å². The van der Waals surface area contributed by atoms with E-state index in [1.165, 1.54) is 0 Å². The van der Waals surface area contributed by atoms with Crippen LogP contribution in [0.2, 0.25) is 0 Å². The van der Waals surface area contributed by atoms with E-state index >= 15 is 0 Å². The molecule has 0 spiro atoms. The summed E-state index contributed by atoms with van der Waals surface area (Å²) in [6, 6.07) is 6.85. The number of benzene rings is 1. The van der Waals surface area contributed by atoms with Gasteiger partial charge in [0.2, 0.25) is 11.8 Å². The van der Waals surface area contributed by atoms with Crippen molar-refractivity contribution in [2.45, 2.75) is 37.5 Å². The number of amides is 4. The van der Waals surface area contributed by atoms with Crippen molar-refractivity contribution in [2.24, 2.45) is 11.5 Å². The normalized spacial score (nSPS) is 20.0. The molecular weight excluding hydrogens is 300 g/mol. The molecule has 1 saturated carbocycles. The van der Waals surface area contributed by atoms with Crippen LogP contribution in [0.25, 0.3) is 0 Å². The summed E-state index contributed by atoms with van der Waals surface area (Å²) in [5.74, 6) is -1.29. The topological polar surface area (TPSA) is 137 Å². The van der Waals surface area contributed by atoms with Gasteiger partial charge in [0.1, 0.15) is 11.9 Å². The zero-order valence-corrected chi connectivity index (χ0v) is 12.5. The molecule has 1 aromatic rings. The lowest BCUT2D eigenvalue weighted by molar-refractivity contribution is -0.128. The third-order valence-corrected chi connectivity index (χ3v) is 3.64. The molecule has 0 heterocycles. The van der Waals surface area contributed by atoms with Gasteiger partial charge in [0, 0.05) is 0 Å². The molecule has 0 radical (unpaired) electrons. The van der Waals surface area contributed by atoms with Gasteiger partial charge in [-0.1, -0.05) is 18.2 Å². The Hall–Kier alpha value is -2.77. The molecule has 1 aliphatic rings. The number of primary amides is 2. The molecule has 2 rings (SSSR count). The van der Waals surface area contributed by atoms with Gasteiger partial charge < -0.3 is 26.8 Å². The molecule has 0 aliphatic heterocycles. The number of rotatable bonds is 6. The van der Waals surface area contributed by atoms with E-state index in [4.69, 9.17) is 16.2 Å². The minimum absolute atomic E-state index is 0.177. The predicted molar refractivity (Wildman–Crippen MR) is 82.3 cm³/mol. The van der Waals surface area contributed by atoms with Crippen LogP contribution in [-0.4, -0.2) is 36.0 Å². The van der Waals surface area contributed by atoms with Crippen LogP contribution in [-0.2, 0) is 9.59 Å². The van der Waals surface area contributed by atoms with Crippen LogP contribution in [0.5, 0.6) is 5.75 Å². The summed E-state index contributed by atoms with van der Waals surface area (Å²) in [7, 11) is 0. The number of nitrogens with two attached hydrogens (primary N) is 2. The van der Waals surface area contributed by atoms with Gasteiger partial charge in [-0.2, -0.15) is 0 Å². The maximum absolute atomic E-state index is 11.9. The van der Waals surface area contributed by atoms with Crippen molar-refractivity contribution < 1.29 is 19.1 Å². The van der Waals surface area contributed by atoms with Crippen LogP contribution in [0.3, 0.4) is 0 Å². The van der Waals surface area contributed by atoms with Crippen molar-refractivity contribution in [3.8, 4) is 5.75 Å². The van der Waals surface area contributed by atoms with E-state index in [1.807, 2.05) is 30.3 Å². The fourth-order valence-electron chi connectivity index (χ4n) is 2.53. The first kappa shape index (κ1) is 16.6. The third-order valence-electron chi connectivity index (χ3n) is 3.64. The van der Waals surface area contributed by atoms with Gasteiger partial charge in [0.25, 0.3) is 0 Å². The fourth-order valence-corrected chi connectivity index (χ4v) is 2.53. The molecule has 4 amide bonds. The molecule has 1 fully saturated rings. The van der Waals surface area contributed by atoms with E-state index < -0.39 is 23.9 Å². The maximum Gasteiger partial charge on any atom is 0.316 e. The Labute approximate surface area is 133 Å². The monoisotopic (exact) mass is 320 g/mol. The molecule has 6 N–H and O–H groups in total. The Morgan fingerprint density at radius 3 is 2.35 bits per heavy atom. The van der Waals surface area contributed by atoms with Crippen LogP contribution in [0.4, 0.5) is 4.79 Å². The number of ether oxygens (including phenoxy) is 1. The Bertz CT molecular complexity index is 564. The summed E-state index contributed by atoms with van der Waals surface area (Å²) >= 11 is 0. The zero-order chi connectivity index (χ0) is 16.8. The number of hydrogen-bond acceptors (Lipinski definition) is 4. The average Bonchev–Trinajstić information content (AvgIpc) is 2.92. The van der Waals surface area contributed by atoms with Gasteiger partial charge >= 0.3 is 6.03 Å². The van der Waals surface area contributed by atoms with Crippen LogP contribution >= 0.6 is 0 Å². The van der Waals surface area contributed by atoms with E-state index in [-0.39, 0.29) is 12.1 Å². The SMILES string of the molecule is NC(=O)C(NC(=O)N[C@H]1CCC[C@@H]1Oc1ccccc1)C(N)=O. The van der Waals surface area contributed by atoms with Crippen molar-refractivity contribution in [3.63, 3.8) is 0 Å². The minimum atomic E-state index is -1.54. The van der Waals surface area contributed by atoms with E-state index in [1.54, 1.807) is 0 Å². The average molecular weight is 320 g/mol. The Kier molecular flexibility index (Phi) is 5.40. The largest absolute Gasteiger partial charge is 0.488 e. The van der Waals surface area contributed by atoms with Crippen molar-refractivity contribution in [1.82, 2.24) is 10.6 Å². The molecule has 0 unspecified atom stereocenters. The number of para-hydroxylation sites is 1.